The predicted octanol–water partition coefficient (Wildman–Crippen LogP) is 2.61. The summed E-state index contributed by atoms with van der Waals surface area (Å²) in [5, 5.41) is 0. The van der Waals surface area contributed by atoms with Gasteiger partial charge in [-0.1, -0.05) is 15.9 Å². The molecule has 1 aliphatic rings. The highest BCUT2D eigenvalue weighted by atomic mass is 79.9. The quantitative estimate of drug-likeness (QED) is 0.657. The van der Waals surface area contributed by atoms with Crippen molar-refractivity contribution in [1.29, 1.82) is 0 Å². The number of amides is 2. The second kappa shape index (κ2) is 9.83. The van der Waals surface area contributed by atoms with Crippen LogP contribution in [0.2, 0.25) is 0 Å². The van der Waals surface area contributed by atoms with Gasteiger partial charge in [-0.15, -0.1) is 0 Å². The lowest BCUT2D eigenvalue weighted by Gasteiger charge is -2.34. The Hall–Kier alpha value is -1.73. The molecule has 142 valence electrons. The van der Waals surface area contributed by atoms with Gasteiger partial charge in [0.15, 0.2) is 0 Å². The number of benzene rings is 1. The average molecular weight is 426 g/mol. The number of likely N-dealkylation sites (N-methyl/N-ethyl adjacent to an activating group) is 1. The molecule has 26 heavy (non-hydrogen) atoms. The molecule has 0 radical (unpaired) electrons. The molecule has 1 heterocycles. The molecule has 1 aliphatic heterocycles. The highest BCUT2D eigenvalue weighted by Gasteiger charge is 2.22. The minimum atomic E-state index is -0.364. The van der Waals surface area contributed by atoms with E-state index in [1.807, 2.05) is 18.7 Å². The van der Waals surface area contributed by atoms with Gasteiger partial charge in [0.05, 0.1) is 6.54 Å². The molecule has 7 heteroatoms. The number of carbonyl (C=O) groups excluding carboxylic acids is 2. The fourth-order valence-corrected chi connectivity index (χ4v) is 3.28. The van der Waals surface area contributed by atoms with Crippen molar-refractivity contribution in [3.8, 4) is 0 Å². The third-order valence-corrected chi connectivity index (χ3v) is 5.02. The summed E-state index contributed by atoms with van der Waals surface area (Å²) in [5.74, 6) is -0.379. The van der Waals surface area contributed by atoms with Crippen LogP contribution in [-0.4, -0.2) is 72.3 Å². The Morgan fingerprint density at radius 1 is 1.19 bits per heavy atom. The van der Waals surface area contributed by atoms with E-state index < -0.39 is 0 Å². The second-order valence-corrected chi connectivity index (χ2v) is 7.08. The number of carbonyl (C=O) groups is 2. The lowest BCUT2D eigenvalue weighted by Crippen LogP contribution is -2.51. The minimum Gasteiger partial charge on any atom is -0.342 e. The van der Waals surface area contributed by atoms with Gasteiger partial charge >= 0.3 is 0 Å². The molecule has 0 atom stereocenters. The van der Waals surface area contributed by atoms with Crippen LogP contribution >= 0.6 is 15.9 Å². The first-order valence-electron chi connectivity index (χ1n) is 8.86. The molecule has 0 spiro atoms. The van der Waals surface area contributed by atoms with Gasteiger partial charge in [-0.2, -0.15) is 0 Å². The van der Waals surface area contributed by atoms with Gasteiger partial charge in [0.25, 0.3) is 0 Å². The summed E-state index contributed by atoms with van der Waals surface area (Å²) in [7, 11) is 0. The molecular weight excluding hydrogens is 401 g/mol. The Balaban J connectivity index is 1.85. The third kappa shape index (κ3) is 5.64. The topological polar surface area (TPSA) is 43.9 Å². The van der Waals surface area contributed by atoms with E-state index in [0.29, 0.717) is 51.4 Å². The van der Waals surface area contributed by atoms with E-state index in [2.05, 4.69) is 20.8 Å². The van der Waals surface area contributed by atoms with E-state index in [1.165, 1.54) is 18.2 Å². The van der Waals surface area contributed by atoms with Gasteiger partial charge in [0, 0.05) is 55.4 Å². The maximum absolute atomic E-state index is 13.7. The number of piperazine rings is 1. The smallest absolute Gasteiger partial charge is 0.246 e. The number of hydrogen-bond acceptors (Lipinski definition) is 3. The van der Waals surface area contributed by atoms with Crippen LogP contribution in [0.3, 0.4) is 0 Å². The van der Waals surface area contributed by atoms with E-state index in [0.717, 1.165) is 4.47 Å². The molecule has 0 N–H and O–H groups in total. The largest absolute Gasteiger partial charge is 0.342 e. The van der Waals surface area contributed by atoms with Crippen molar-refractivity contribution >= 4 is 33.8 Å². The van der Waals surface area contributed by atoms with Crippen molar-refractivity contribution in [3.05, 3.63) is 40.1 Å². The zero-order chi connectivity index (χ0) is 19.1. The van der Waals surface area contributed by atoms with Crippen LogP contribution in [0, 0.1) is 5.82 Å². The summed E-state index contributed by atoms with van der Waals surface area (Å²) in [5.41, 5.74) is 0.371. The van der Waals surface area contributed by atoms with Crippen LogP contribution in [0.4, 0.5) is 4.39 Å². The molecule has 5 nitrogen and oxygen atoms in total. The summed E-state index contributed by atoms with van der Waals surface area (Å²) in [4.78, 5) is 30.1. The van der Waals surface area contributed by atoms with E-state index in [1.54, 1.807) is 17.0 Å². The van der Waals surface area contributed by atoms with E-state index in [-0.39, 0.29) is 17.6 Å². The zero-order valence-corrected chi connectivity index (χ0v) is 16.8. The number of nitrogens with zero attached hydrogens (tertiary/aromatic N) is 3. The second-order valence-electron chi connectivity index (χ2n) is 6.17. The fourth-order valence-electron chi connectivity index (χ4n) is 2.90. The highest BCUT2D eigenvalue weighted by molar-refractivity contribution is 9.10. The van der Waals surface area contributed by atoms with Crippen LogP contribution in [0.15, 0.2) is 28.7 Å². The molecular formula is C19H25BrFN3O2. The van der Waals surface area contributed by atoms with Crippen molar-refractivity contribution < 1.29 is 14.0 Å². The zero-order valence-electron chi connectivity index (χ0n) is 15.3. The summed E-state index contributed by atoms with van der Waals surface area (Å²) in [6, 6.07) is 4.61. The van der Waals surface area contributed by atoms with Crippen molar-refractivity contribution in [2.24, 2.45) is 0 Å². The number of hydrogen-bond donors (Lipinski definition) is 0. The normalized spacial score (nSPS) is 15.5. The predicted molar refractivity (Wildman–Crippen MR) is 104 cm³/mol. The number of halogens is 2. The molecule has 0 aliphatic carbocycles. The molecule has 0 bridgehead atoms. The van der Waals surface area contributed by atoms with Crippen molar-refractivity contribution in [2.75, 3.05) is 45.8 Å². The summed E-state index contributed by atoms with van der Waals surface area (Å²) < 4.78 is 14.5. The van der Waals surface area contributed by atoms with Gasteiger partial charge in [-0.3, -0.25) is 14.5 Å². The molecule has 1 saturated heterocycles. The van der Waals surface area contributed by atoms with Crippen molar-refractivity contribution in [1.82, 2.24) is 14.7 Å². The van der Waals surface area contributed by atoms with E-state index in [4.69, 9.17) is 0 Å². The van der Waals surface area contributed by atoms with Gasteiger partial charge < -0.3 is 9.80 Å². The first kappa shape index (κ1) is 20.6. The summed E-state index contributed by atoms with van der Waals surface area (Å²) >= 11 is 3.29. The van der Waals surface area contributed by atoms with Crippen molar-refractivity contribution in [2.45, 2.75) is 13.8 Å². The number of rotatable bonds is 6. The van der Waals surface area contributed by atoms with Crippen LogP contribution in [-0.2, 0) is 9.59 Å². The molecule has 0 aromatic heterocycles. The lowest BCUT2D eigenvalue weighted by molar-refractivity contribution is -0.133. The van der Waals surface area contributed by atoms with E-state index >= 15 is 0 Å². The van der Waals surface area contributed by atoms with Crippen LogP contribution in [0.5, 0.6) is 0 Å². The van der Waals surface area contributed by atoms with Crippen LogP contribution < -0.4 is 0 Å². The molecule has 1 aromatic carbocycles. The van der Waals surface area contributed by atoms with E-state index in [9.17, 15) is 14.0 Å². The average Bonchev–Trinajstić information content (AvgIpc) is 2.64. The molecule has 0 saturated carbocycles. The van der Waals surface area contributed by atoms with Crippen LogP contribution in [0.1, 0.15) is 19.4 Å². The van der Waals surface area contributed by atoms with Gasteiger partial charge in [0.2, 0.25) is 11.8 Å². The Morgan fingerprint density at radius 3 is 2.46 bits per heavy atom. The first-order chi connectivity index (χ1) is 12.4. The maximum Gasteiger partial charge on any atom is 0.246 e. The fraction of sp³-hybridized carbons (Fsp3) is 0.474. The summed E-state index contributed by atoms with van der Waals surface area (Å²) in [6.45, 7) is 8.22. The molecule has 1 fully saturated rings. The minimum absolute atomic E-state index is 0.125. The third-order valence-electron chi connectivity index (χ3n) is 4.52. The van der Waals surface area contributed by atoms with Crippen LogP contribution in [0.25, 0.3) is 6.08 Å². The lowest BCUT2D eigenvalue weighted by atomic mass is 10.2. The standard InChI is InChI=1S/C19H25BrFN3O2/c1-3-23(4-2)19(26)14-22-9-11-24(12-10-22)18(25)8-5-15-13-16(20)6-7-17(15)21/h5-8,13H,3-4,9-12,14H2,1-2H3/b8-5+. The Bertz CT molecular complexity index is 669. The van der Waals surface area contributed by atoms with Gasteiger partial charge in [-0.05, 0) is 38.1 Å². The molecule has 0 unspecified atom stereocenters. The SMILES string of the molecule is CCN(CC)C(=O)CN1CCN(C(=O)/C=C/c2cc(Br)ccc2F)CC1. The highest BCUT2D eigenvalue weighted by Crippen LogP contribution is 2.17. The first-order valence-corrected chi connectivity index (χ1v) is 9.66. The maximum atomic E-state index is 13.7. The monoisotopic (exact) mass is 425 g/mol. The Morgan fingerprint density at radius 2 is 1.85 bits per heavy atom. The Kier molecular flexibility index (Phi) is 7.78. The molecule has 2 amide bonds. The van der Waals surface area contributed by atoms with Crippen molar-refractivity contribution in [3.63, 3.8) is 0 Å². The van der Waals surface area contributed by atoms with Gasteiger partial charge in [-0.25, -0.2) is 4.39 Å². The molecule has 1 aromatic rings. The Labute approximate surface area is 162 Å². The van der Waals surface area contributed by atoms with Gasteiger partial charge in [0.1, 0.15) is 5.82 Å². The molecule has 2 rings (SSSR count). The summed E-state index contributed by atoms with van der Waals surface area (Å²) in [6.07, 6.45) is 2.90.